The van der Waals surface area contributed by atoms with E-state index in [-0.39, 0.29) is 60.5 Å². The maximum absolute atomic E-state index is 14.2. The number of aromatic nitrogens is 2. The molecule has 2 aliphatic rings. The lowest BCUT2D eigenvalue weighted by atomic mass is 9.83. The van der Waals surface area contributed by atoms with Crippen LogP contribution in [-0.2, 0) is 24.0 Å². The smallest absolute Gasteiger partial charge is 0.246 e. The van der Waals surface area contributed by atoms with E-state index < -0.39 is 72.4 Å². The van der Waals surface area contributed by atoms with Crippen molar-refractivity contribution in [2.24, 2.45) is 41.4 Å². The number of nitrogens with one attached hydrogen (secondary N) is 1. The van der Waals surface area contributed by atoms with Crippen LogP contribution in [-0.4, -0.2) is 74.9 Å². The van der Waals surface area contributed by atoms with Gasteiger partial charge in [-0.2, -0.15) is 0 Å². The van der Waals surface area contributed by atoms with E-state index in [2.05, 4.69) is 15.3 Å². The largest absolute Gasteiger partial charge is 0.344 e. The molecule has 1 saturated carbocycles. The van der Waals surface area contributed by atoms with Crippen LogP contribution in [0, 0.1) is 41.4 Å². The molecule has 0 radical (unpaired) electrons. The van der Waals surface area contributed by atoms with E-state index in [1.165, 1.54) is 23.5 Å². The lowest BCUT2D eigenvalue weighted by Gasteiger charge is -2.33. The molecule has 1 unspecified atom stereocenters. The summed E-state index contributed by atoms with van der Waals surface area (Å²) in [5, 5.41) is 2.85. The first-order valence-electron chi connectivity index (χ1n) is 16.9. The van der Waals surface area contributed by atoms with Crippen LogP contribution in [0.1, 0.15) is 103 Å². The minimum atomic E-state index is -2.89. The first kappa shape index (κ1) is 38.0. The van der Waals surface area contributed by atoms with Crippen LogP contribution >= 0.6 is 0 Å². The number of ketones is 4. The second kappa shape index (κ2) is 17.1. The molecule has 1 aliphatic carbocycles. The van der Waals surface area contributed by atoms with Gasteiger partial charge >= 0.3 is 0 Å². The Morgan fingerprint density at radius 1 is 0.957 bits per heavy atom. The summed E-state index contributed by atoms with van der Waals surface area (Å²) in [5.41, 5.74) is 0.137. The highest BCUT2D eigenvalue weighted by molar-refractivity contribution is 6.38. The minimum absolute atomic E-state index is 0.0284. The molecule has 47 heavy (non-hydrogen) atoms. The van der Waals surface area contributed by atoms with Crippen LogP contribution in [0.5, 0.6) is 0 Å². The van der Waals surface area contributed by atoms with E-state index in [9.17, 15) is 37.5 Å². The van der Waals surface area contributed by atoms with Gasteiger partial charge in [-0.15, -0.1) is 0 Å². The molecule has 10 nitrogen and oxygen atoms in total. The predicted molar refractivity (Wildman–Crippen MR) is 170 cm³/mol. The maximum atomic E-state index is 14.2. The van der Waals surface area contributed by atoms with Crippen molar-refractivity contribution in [1.82, 2.24) is 20.2 Å². The second-order valence-corrected chi connectivity index (χ2v) is 14.1. The Labute approximate surface area is 276 Å². The van der Waals surface area contributed by atoms with Crippen LogP contribution in [0.25, 0.3) is 0 Å². The van der Waals surface area contributed by atoms with Crippen LogP contribution < -0.4 is 5.32 Å². The molecule has 1 saturated heterocycles. The monoisotopic (exact) mass is 660 g/mol. The number of amides is 2. The molecule has 260 valence electrons. The average Bonchev–Trinajstić information content (AvgIpc) is 3.62. The number of hydrogen-bond acceptors (Lipinski definition) is 8. The fraction of sp³-hybridized carbons (Fsp3) is 0.714. The van der Waals surface area contributed by atoms with Crippen molar-refractivity contribution in [2.45, 2.75) is 111 Å². The summed E-state index contributed by atoms with van der Waals surface area (Å²) in [6.07, 6.45) is 2.59. The van der Waals surface area contributed by atoms with Crippen molar-refractivity contribution < 1.29 is 37.5 Å². The quantitative estimate of drug-likeness (QED) is 0.173. The summed E-state index contributed by atoms with van der Waals surface area (Å²) in [6.45, 7) is 11.1. The minimum Gasteiger partial charge on any atom is -0.344 e. The number of carbonyl (C=O) groups excluding carboxylic acids is 6. The van der Waals surface area contributed by atoms with Gasteiger partial charge in [-0.3, -0.25) is 33.8 Å². The molecule has 1 aromatic heterocycles. The van der Waals surface area contributed by atoms with Crippen LogP contribution in [0.4, 0.5) is 8.78 Å². The molecule has 0 spiro atoms. The molecule has 2 fully saturated rings. The number of alkyl halides is 2. The third-order valence-electron chi connectivity index (χ3n) is 9.92. The second-order valence-electron chi connectivity index (χ2n) is 14.1. The topological polar surface area (TPSA) is 143 Å². The van der Waals surface area contributed by atoms with E-state index >= 15 is 0 Å². The average molecular weight is 661 g/mol. The molecule has 3 rings (SSSR count). The fourth-order valence-electron chi connectivity index (χ4n) is 6.93. The molecule has 0 bridgehead atoms. The molecular weight excluding hydrogens is 610 g/mol. The van der Waals surface area contributed by atoms with Crippen molar-refractivity contribution in [3.05, 3.63) is 24.3 Å². The number of rotatable bonds is 18. The first-order chi connectivity index (χ1) is 22.2. The molecule has 7 atom stereocenters. The molecule has 1 aliphatic heterocycles. The van der Waals surface area contributed by atoms with Crippen LogP contribution in [0.3, 0.4) is 0 Å². The molecule has 1 aromatic rings. The van der Waals surface area contributed by atoms with E-state index in [0.717, 1.165) is 12.8 Å². The molecule has 12 heteroatoms. The van der Waals surface area contributed by atoms with Gasteiger partial charge in [0.15, 0.2) is 17.3 Å². The predicted octanol–water partition coefficient (Wildman–Crippen LogP) is 4.89. The molecule has 0 aromatic carbocycles. The Bertz CT molecular complexity index is 1290. The van der Waals surface area contributed by atoms with E-state index in [0.29, 0.717) is 12.8 Å². The number of hydrogen-bond donors (Lipinski definition) is 1. The van der Waals surface area contributed by atoms with E-state index in [1.54, 1.807) is 20.8 Å². The van der Waals surface area contributed by atoms with Crippen LogP contribution in [0.15, 0.2) is 18.6 Å². The summed E-state index contributed by atoms with van der Waals surface area (Å²) in [4.78, 5) is 89.7. The lowest BCUT2D eigenvalue weighted by Crippen LogP contribution is -2.56. The van der Waals surface area contributed by atoms with Crippen LogP contribution in [0.2, 0.25) is 0 Å². The highest BCUT2D eigenvalue weighted by Gasteiger charge is 2.51. The fourth-order valence-corrected chi connectivity index (χ4v) is 6.93. The van der Waals surface area contributed by atoms with Gasteiger partial charge in [0.05, 0.1) is 12.2 Å². The number of Topliss-reactive ketones (excluding diaryl/α,β-unsaturated/α-hetero) is 4. The van der Waals surface area contributed by atoms with Gasteiger partial charge in [0.1, 0.15) is 11.7 Å². The normalized spacial score (nSPS) is 21.8. The maximum Gasteiger partial charge on any atom is 0.246 e. The number of halogens is 2. The van der Waals surface area contributed by atoms with Gasteiger partial charge in [0.2, 0.25) is 24.0 Å². The highest BCUT2D eigenvalue weighted by atomic mass is 19.3. The Morgan fingerprint density at radius 3 is 2.23 bits per heavy atom. The summed E-state index contributed by atoms with van der Waals surface area (Å²) < 4.78 is 27.2. The van der Waals surface area contributed by atoms with Crippen molar-refractivity contribution in [2.75, 3.05) is 6.54 Å². The Kier molecular flexibility index (Phi) is 13.8. The van der Waals surface area contributed by atoms with Gasteiger partial charge in [0, 0.05) is 56.5 Å². The molecule has 2 amide bonds. The zero-order chi connectivity index (χ0) is 35.0. The zero-order valence-corrected chi connectivity index (χ0v) is 28.4. The van der Waals surface area contributed by atoms with Gasteiger partial charge in [-0.1, -0.05) is 54.4 Å². The van der Waals surface area contributed by atoms with Gasteiger partial charge in [0.25, 0.3) is 0 Å². The number of carbonyl (C=O) groups is 6. The van der Waals surface area contributed by atoms with Crippen molar-refractivity contribution in [3.8, 4) is 0 Å². The molecular formula is C35H50F2N4O6. The zero-order valence-electron chi connectivity index (χ0n) is 28.4. The summed E-state index contributed by atoms with van der Waals surface area (Å²) >= 11 is 0. The number of fused-ring (bicyclic) bond motifs is 1. The summed E-state index contributed by atoms with van der Waals surface area (Å²) in [5.74, 6) is -6.62. The SMILES string of the molecule is CC[C@H](C)CC(=O)C(=O)C(CC(=O)[C@@H]1[C@H]2CCC[C@H]2CN1C(=O)[C@@H](NC(=O)[C@H](CC(=O)c1cnccn1)C(C)C)C(C)C)CC(F)F. The van der Waals surface area contributed by atoms with Crippen molar-refractivity contribution >= 4 is 34.9 Å². The van der Waals surface area contributed by atoms with Crippen molar-refractivity contribution in [3.63, 3.8) is 0 Å². The lowest BCUT2D eigenvalue weighted by molar-refractivity contribution is -0.145. The summed E-state index contributed by atoms with van der Waals surface area (Å²) in [7, 11) is 0. The number of nitrogens with zero attached hydrogens (tertiary/aromatic N) is 3. The number of likely N-dealkylation sites (tertiary alicyclic amines) is 1. The third kappa shape index (κ3) is 9.79. The summed E-state index contributed by atoms with van der Waals surface area (Å²) in [6, 6.07) is -1.95. The highest BCUT2D eigenvalue weighted by Crippen LogP contribution is 2.43. The van der Waals surface area contributed by atoms with Gasteiger partial charge in [-0.05, 0) is 42.4 Å². The molecule has 2 heterocycles. The third-order valence-corrected chi connectivity index (χ3v) is 9.92. The van der Waals surface area contributed by atoms with Gasteiger partial charge in [-0.25, -0.2) is 13.8 Å². The van der Waals surface area contributed by atoms with E-state index in [1.807, 2.05) is 20.8 Å². The van der Waals surface area contributed by atoms with Crippen molar-refractivity contribution in [1.29, 1.82) is 0 Å². The van der Waals surface area contributed by atoms with Gasteiger partial charge < -0.3 is 10.2 Å². The Morgan fingerprint density at radius 2 is 1.66 bits per heavy atom. The van der Waals surface area contributed by atoms with E-state index in [4.69, 9.17) is 0 Å². The standard InChI is InChI=1S/C35H50F2N4O6/c1-7-21(6)13-29(44)33(45)23(15-30(36)37)14-28(43)32-24-10-8-9-22(24)18-41(32)35(47)31(20(4)5)40-34(46)25(19(2)3)16-27(42)26-17-38-11-12-39-26/h11-12,17,19-25,30-32H,7-10,13-16,18H2,1-6H3,(H,40,46)/t21-,22-,23?,24-,25+,31-,32-/m0/s1. The molecule has 1 N–H and O–H groups in total. The Balaban J connectivity index is 1.82. The first-order valence-corrected chi connectivity index (χ1v) is 16.9. The Hall–Kier alpha value is -3.44.